The Morgan fingerprint density at radius 1 is 1.32 bits per heavy atom. The van der Waals surface area contributed by atoms with Crippen molar-refractivity contribution in [3.63, 3.8) is 0 Å². The molecule has 3 nitrogen and oxygen atoms in total. The van der Waals surface area contributed by atoms with Crippen LogP contribution in [0.1, 0.15) is 58.8 Å². The topological polar surface area (TPSA) is 39.1 Å². The fraction of sp³-hybridized carbons (Fsp3) is 0.938. The van der Waals surface area contributed by atoms with E-state index in [9.17, 15) is 5.26 Å². The van der Waals surface area contributed by atoms with Crippen molar-refractivity contribution in [2.24, 2.45) is 5.92 Å². The Kier molecular flexibility index (Phi) is 4.86. The summed E-state index contributed by atoms with van der Waals surface area (Å²) in [6, 6.07) is 3.86. The summed E-state index contributed by atoms with van der Waals surface area (Å²) in [4.78, 5) is 2.60. The minimum Gasteiger partial charge on any atom is -0.300 e. The molecule has 3 heteroatoms. The molecule has 0 aliphatic heterocycles. The Labute approximate surface area is 118 Å². The fourth-order valence-corrected chi connectivity index (χ4v) is 4.18. The Bertz CT molecular complexity index is 335. The highest BCUT2D eigenvalue weighted by molar-refractivity contribution is 5.13. The van der Waals surface area contributed by atoms with Crippen LogP contribution in [0.2, 0.25) is 0 Å². The maximum absolute atomic E-state index is 9.48. The number of hydrogen-bond donors (Lipinski definition) is 1. The van der Waals surface area contributed by atoms with E-state index in [2.05, 4.69) is 37.2 Å². The molecule has 0 aromatic rings. The SMILES string of the molecule is CCNC1(C#N)CCC(N(C)C2CCCCC2C)C1. The maximum Gasteiger partial charge on any atom is 0.108 e. The van der Waals surface area contributed by atoms with Crippen LogP contribution in [0.5, 0.6) is 0 Å². The van der Waals surface area contributed by atoms with Gasteiger partial charge in [0.2, 0.25) is 0 Å². The average Bonchev–Trinajstić information content (AvgIpc) is 2.84. The van der Waals surface area contributed by atoms with Gasteiger partial charge in [0.15, 0.2) is 0 Å². The molecule has 4 unspecified atom stereocenters. The van der Waals surface area contributed by atoms with E-state index in [4.69, 9.17) is 0 Å². The summed E-state index contributed by atoms with van der Waals surface area (Å²) < 4.78 is 0. The third kappa shape index (κ3) is 3.12. The zero-order valence-corrected chi connectivity index (χ0v) is 12.8. The summed E-state index contributed by atoms with van der Waals surface area (Å²) in [5.41, 5.74) is -0.258. The molecule has 0 heterocycles. The first kappa shape index (κ1) is 14.8. The van der Waals surface area contributed by atoms with Gasteiger partial charge in [-0.3, -0.25) is 5.32 Å². The van der Waals surface area contributed by atoms with Crippen LogP contribution in [-0.2, 0) is 0 Å². The van der Waals surface area contributed by atoms with Crippen LogP contribution in [0.25, 0.3) is 0 Å². The summed E-state index contributed by atoms with van der Waals surface area (Å²) in [5, 5.41) is 12.9. The molecular weight excluding hydrogens is 234 g/mol. The Morgan fingerprint density at radius 3 is 2.68 bits per heavy atom. The van der Waals surface area contributed by atoms with Crippen molar-refractivity contribution in [2.75, 3.05) is 13.6 Å². The van der Waals surface area contributed by atoms with E-state index >= 15 is 0 Å². The number of nitrogens with zero attached hydrogens (tertiary/aromatic N) is 2. The van der Waals surface area contributed by atoms with Gasteiger partial charge in [0.25, 0.3) is 0 Å². The molecule has 0 spiro atoms. The fourth-order valence-electron chi connectivity index (χ4n) is 4.18. The lowest BCUT2D eigenvalue weighted by molar-refractivity contribution is 0.0960. The third-order valence-corrected chi connectivity index (χ3v) is 5.38. The van der Waals surface area contributed by atoms with Crippen LogP contribution in [-0.4, -0.2) is 36.1 Å². The molecule has 1 N–H and O–H groups in total. The Balaban J connectivity index is 1.98. The van der Waals surface area contributed by atoms with Gasteiger partial charge in [0, 0.05) is 12.1 Å². The molecule has 108 valence electrons. The number of nitrogens with one attached hydrogen (secondary N) is 1. The lowest BCUT2D eigenvalue weighted by Crippen LogP contribution is -2.47. The molecule has 0 saturated heterocycles. The molecule has 0 radical (unpaired) electrons. The molecule has 19 heavy (non-hydrogen) atoms. The first-order valence-corrected chi connectivity index (χ1v) is 8.00. The maximum atomic E-state index is 9.48. The highest BCUT2D eigenvalue weighted by atomic mass is 15.2. The Morgan fingerprint density at radius 2 is 2.05 bits per heavy atom. The van der Waals surface area contributed by atoms with E-state index in [1.165, 1.54) is 32.1 Å². The third-order valence-electron chi connectivity index (χ3n) is 5.38. The summed E-state index contributed by atoms with van der Waals surface area (Å²) >= 11 is 0. The van der Waals surface area contributed by atoms with Gasteiger partial charge in [-0.15, -0.1) is 0 Å². The molecule has 0 aromatic heterocycles. The normalized spacial score (nSPS) is 39.4. The molecule has 2 saturated carbocycles. The molecule has 4 atom stereocenters. The molecule has 2 aliphatic carbocycles. The van der Waals surface area contributed by atoms with Crippen molar-refractivity contribution in [3.8, 4) is 6.07 Å². The van der Waals surface area contributed by atoms with E-state index in [1.54, 1.807) is 0 Å². The Hall–Kier alpha value is -0.590. The van der Waals surface area contributed by atoms with Crippen molar-refractivity contribution in [1.82, 2.24) is 10.2 Å². The smallest absolute Gasteiger partial charge is 0.108 e. The summed E-state index contributed by atoms with van der Waals surface area (Å²) in [6.45, 7) is 5.39. The number of hydrogen-bond acceptors (Lipinski definition) is 3. The predicted octanol–water partition coefficient (Wildman–Crippen LogP) is 2.92. The van der Waals surface area contributed by atoms with Crippen molar-refractivity contribution in [2.45, 2.75) is 76.4 Å². The van der Waals surface area contributed by atoms with Crippen LogP contribution < -0.4 is 5.32 Å². The van der Waals surface area contributed by atoms with Crippen molar-refractivity contribution in [1.29, 1.82) is 5.26 Å². The van der Waals surface area contributed by atoms with Gasteiger partial charge in [-0.2, -0.15) is 5.26 Å². The highest BCUT2D eigenvalue weighted by Crippen LogP contribution is 2.36. The highest BCUT2D eigenvalue weighted by Gasteiger charge is 2.42. The summed E-state index contributed by atoms with van der Waals surface area (Å²) in [7, 11) is 2.29. The van der Waals surface area contributed by atoms with E-state index in [0.29, 0.717) is 6.04 Å². The molecule has 2 rings (SSSR count). The monoisotopic (exact) mass is 263 g/mol. The van der Waals surface area contributed by atoms with Gasteiger partial charge >= 0.3 is 0 Å². The van der Waals surface area contributed by atoms with E-state index in [-0.39, 0.29) is 5.54 Å². The average molecular weight is 263 g/mol. The van der Waals surface area contributed by atoms with Gasteiger partial charge in [0.1, 0.15) is 5.54 Å². The van der Waals surface area contributed by atoms with Crippen molar-refractivity contribution >= 4 is 0 Å². The predicted molar refractivity (Wildman–Crippen MR) is 78.8 cm³/mol. The zero-order valence-electron chi connectivity index (χ0n) is 12.8. The molecule has 0 bridgehead atoms. The molecular formula is C16H29N3. The zero-order chi connectivity index (χ0) is 13.9. The van der Waals surface area contributed by atoms with Gasteiger partial charge in [-0.25, -0.2) is 0 Å². The van der Waals surface area contributed by atoms with E-state index < -0.39 is 0 Å². The molecule has 2 aliphatic rings. The van der Waals surface area contributed by atoms with Crippen LogP contribution in [0.3, 0.4) is 0 Å². The van der Waals surface area contributed by atoms with Crippen LogP contribution in [0.4, 0.5) is 0 Å². The lowest BCUT2D eigenvalue weighted by atomic mass is 9.84. The molecule has 0 aromatic carbocycles. The van der Waals surface area contributed by atoms with Crippen molar-refractivity contribution in [3.05, 3.63) is 0 Å². The largest absolute Gasteiger partial charge is 0.300 e. The summed E-state index contributed by atoms with van der Waals surface area (Å²) in [6.07, 6.45) is 8.66. The second kappa shape index (κ2) is 6.24. The first-order valence-electron chi connectivity index (χ1n) is 8.00. The number of rotatable bonds is 4. The van der Waals surface area contributed by atoms with E-state index in [0.717, 1.165) is 31.3 Å². The quantitative estimate of drug-likeness (QED) is 0.847. The van der Waals surface area contributed by atoms with Gasteiger partial charge in [0.05, 0.1) is 6.07 Å². The van der Waals surface area contributed by atoms with Crippen LogP contribution >= 0.6 is 0 Å². The second-order valence-corrected chi connectivity index (χ2v) is 6.62. The summed E-state index contributed by atoms with van der Waals surface area (Å²) in [5.74, 6) is 0.815. The van der Waals surface area contributed by atoms with Crippen LogP contribution in [0.15, 0.2) is 0 Å². The lowest BCUT2D eigenvalue weighted by Gasteiger charge is -2.40. The van der Waals surface area contributed by atoms with Crippen molar-refractivity contribution < 1.29 is 0 Å². The number of nitriles is 1. The van der Waals surface area contributed by atoms with Gasteiger partial charge < -0.3 is 4.90 Å². The molecule has 2 fully saturated rings. The van der Waals surface area contributed by atoms with Gasteiger partial charge in [-0.05, 0) is 51.6 Å². The van der Waals surface area contributed by atoms with E-state index in [1.807, 2.05) is 0 Å². The van der Waals surface area contributed by atoms with Gasteiger partial charge in [-0.1, -0.05) is 26.7 Å². The first-order chi connectivity index (χ1) is 9.12. The second-order valence-electron chi connectivity index (χ2n) is 6.62. The standard InChI is InChI=1S/C16H29N3/c1-4-18-16(12-17)10-9-14(11-16)19(3)15-8-6-5-7-13(15)2/h13-15,18H,4-11H2,1-3H3. The van der Waals surface area contributed by atoms with Crippen LogP contribution in [0, 0.1) is 17.2 Å². The minimum atomic E-state index is -0.258. The minimum absolute atomic E-state index is 0.258. The molecule has 0 amide bonds.